The molecule has 1 rings (SSSR count). The predicted molar refractivity (Wildman–Crippen MR) is 56.0 cm³/mol. The SMILES string of the molecule is Clc1cc(Cl)c(C=NI)s1. The molecule has 0 aromatic carbocycles. The van der Waals surface area contributed by atoms with Gasteiger partial charge in [-0.2, -0.15) is 0 Å². The third kappa shape index (κ3) is 2.08. The summed E-state index contributed by atoms with van der Waals surface area (Å²) in [5, 5.41) is 0.662. The van der Waals surface area contributed by atoms with Crippen molar-refractivity contribution >= 4 is 63.6 Å². The van der Waals surface area contributed by atoms with Gasteiger partial charge in [0.1, 0.15) is 0 Å². The van der Waals surface area contributed by atoms with Crippen LogP contribution in [0.1, 0.15) is 4.88 Å². The third-order valence-corrected chi connectivity index (χ3v) is 2.75. The second kappa shape index (κ2) is 3.90. The first-order chi connectivity index (χ1) is 4.74. The summed E-state index contributed by atoms with van der Waals surface area (Å²) < 4.78 is 4.48. The molecule has 0 amide bonds. The highest BCUT2D eigenvalue weighted by molar-refractivity contribution is 14.1. The van der Waals surface area contributed by atoms with Crippen molar-refractivity contribution in [2.75, 3.05) is 0 Å². The fourth-order valence-electron chi connectivity index (χ4n) is 0.486. The Morgan fingerprint density at radius 1 is 1.60 bits per heavy atom. The van der Waals surface area contributed by atoms with E-state index in [4.69, 9.17) is 23.2 Å². The maximum Gasteiger partial charge on any atom is 0.0950 e. The molecule has 1 aromatic heterocycles. The number of nitrogens with zero attached hydrogens (tertiary/aromatic N) is 1. The van der Waals surface area contributed by atoms with Crippen LogP contribution < -0.4 is 0 Å². The van der Waals surface area contributed by atoms with Crippen LogP contribution in [-0.4, -0.2) is 6.21 Å². The Hall–Kier alpha value is 0.680. The van der Waals surface area contributed by atoms with Crippen LogP contribution in [-0.2, 0) is 0 Å². The van der Waals surface area contributed by atoms with Gasteiger partial charge in [-0.25, -0.2) is 3.21 Å². The van der Waals surface area contributed by atoms with Gasteiger partial charge in [0.15, 0.2) is 0 Å². The summed E-state index contributed by atoms with van der Waals surface area (Å²) in [5.41, 5.74) is 0. The number of hydrogen-bond donors (Lipinski definition) is 0. The zero-order valence-electron chi connectivity index (χ0n) is 4.64. The molecule has 54 valence electrons. The van der Waals surface area contributed by atoms with E-state index in [1.165, 1.54) is 11.3 Å². The van der Waals surface area contributed by atoms with Gasteiger partial charge in [-0.1, -0.05) is 23.2 Å². The molecule has 0 aliphatic carbocycles. The van der Waals surface area contributed by atoms with E-state index in [-0.39, 0.29) is 0 Å². The molecule has 0 unspecified atom stereocenters. The van der Waals surface area contributed by atoms with Gasteiger partial charge in [0.05, 0.1) is 43.3 Å². The topological polar surface area (TPSA) is 12.4 Å². The molecule has 0 saturated carbocycles. The van der Waals surface area contributed by atoms with Gasteiger partial charge in [-0.15, -0.1) is 11.3 Å². The van der Waals surface area contributed by atoms with Crippen LogP contribution in [0.15, 0.2) is 9.27 Å². The molecule has 0 radical (unpaired) electrons. The Kier molecular flexibility index (Phi) is 3.42. The zero-order chi connectivity index (χ0) is 7.56. The maximum atomic E-state index is 5.76. The molecule has 1 heterocycles. The van der Waals surface area contributed by atoms with Gasteiger partial charge in [0, 0.05) is 0 Å². The first-order valence-electron chi connectivity index (χ1n) is 2.33. The van der Waals surface area contributed by atoms with Crippen LogP contribution in [0.4, 0.5) is 0 Å². The van der Waals surface area contributed by atoms with Gasteiger partial charge in [0.2, 0.25) is 0 Å². The molecule has 0 aliphatic heterocycles. The molecule has 0 N–H and O–H groups in total. The van der Waals surface area contributed by atoms with Crippen molar-refractivity contribution in [3.63, 3.8) is 0 Å². The quantitative estimate of drug-likeness (QED) is 0.552. The van der Waals surface area contributed by atoms with Crippen LogP contribution in [0, 0.1) is 0 Å². The van der Waals surface area contributed by atoms with Crippen LogP contribution in [0.5, 0.6) is 0 Å². The van der Waals surface area contributed by atoms with E-state index in [0.717, 1.165) is 4.88 Å². The molecule has 1 aromatic rings. The molecule has 10 heavy (non-hydrogen) atoms. The standard InChI is InChI=1S/C5H2Cl2INS/c6-3-1-5(7)10-4(3)2-9-8/h1-2H. The fraction of sp³-hybridized carbons (Fsp3) is 0. The minimum absolute atomic E-state index is 0.662. The van der Waals surface area contributed by atoms with Crippen molar-refractivity contribution in [1.82, 2.24) is 0 Å². The molecule has 1 nitrogen and oxygen atoms in total. The van der Waals surface area contributed by atoms with Crippen molar-refractivity contribution in [1.29, 1.82) is 0 Å². The highest BCUT2D eigenvalue weighted by atomic mass is 127. The minimum Gasteiger partial charge on any atom is -0.222 e. The van der Waals surface area contributed by atoms with E-state index in [9.17, 15) is 0 Å². The van der Waals surface area contributed by atoms with Gasteiger partial charge in [0.25, 0.3) is 0 Å². The highest BCUT2D eigenvalue weighted by Crippen LogP contribution is 2.29. The summed E-state index contributed by atoms with van der Waals surface area (Å²) in [6.07, 6.45) is 1.68. The van der Waals surface area contributed by atoms with Crippen LogP contribution in [0.25, 0.3) is 0 Å². The Balaban J connectivity index is 3.03. The average molecular weight is 306 g/mol. The summed E-state index contributed by atoms with van der Waals surface area (Å²) in [5.74, 6) is 0. The van der Waals surface area contributed by atoms with Crippen molar-refractivity contribution in [3.8, 4) is 0 Å². The molecular formula is C5H2Cl2INS. The van der Waals surface area contributed by atoms with E-state index in [1.807, 2.05) is 22.9 Å². The van der Waals surface area contributed by atoms with Gasteiger partial charge in [-0.05, 0) is 6.07 Å². The molecule has 0 aliphatic rings. The van der Waals surface area contributed by atoms with Crippen molar-refractivity contribution < 1.29 is 0 Å². The molecule has 0 saturated heterocycles. The third-order valence-electron chi connectivity index (χ3n) is 0.849. The van der Waals surface area contributed by atoms with Crippen molar-refractivity contribution in [2.45, 2.75) is 0 Å². The summed E-state index contributed by atoms with van der Waals surface area (Å²) >= 11 is 14.7. The lowest BCUT2D eigenvalue weighted by Crippen LogP contribution is -1.68. The average Bonchev–Trinajstić information content (AvgIpc) is 2.13. The number of halogens is 3. The second-order valence-electron chi connectivity index (χ2n) is 1.49. The lowest BCUT2D eigenvalue weighted by Gasteiger charge is -1.80. The Morgan fingerprint density at radius 2 is 2.30 bits per heavy atom. The monoisotopic (exact) mass is 305 g/mol. The smallest absolute Gasteiger partial charge is 0.0950 e. The summed E-state index contributed by atoms with van der Waals surface area (Å²) in [6.45, 7) is 0. The highest BCUT2D eigenvalue weighted by Gasteiger charge is 2.01. The van der Waals surface area contributed by atoms with Gasteiger partial charge in [-0.3, -0.25) is 0 Å². The molecule has 0 bridgehead atoms. The fourth-order valence-corrected chi connectivity index (χ4v) is 2.36. The van der Waals surface area contributed by atoms with E-state index >= 15 is 0 Å². The van der Waals surface area contributed by atoms with Gasteiger partial charge < -0.3 is 0 Å². The Labute approximate surface area is 86.6 Å². The number of rotatable bonds is 1. The lowest BCUT2D eigenvalue weighted by molar-refractivity contribution is 1.94. The zero-order valence-corrected chi connectivity index (χ0v) is 9.13. The second-order valence-corrected chi connectivity index (χ2v) is 4.17. The minimum atomic E-state index is 0.662. The first-order valence-corrected chi connectivity index (χ1v) is 4.87. The normalized spacial score (nSPS) is 11.1. The van der Waals surface area contributed by atoms with Crippen molar-refractivity contribution in [2.24, 2.45) is 3.21 Å². The van der Waals surface area contributed by atoms with E-state index < -0.39 is 0 Å². The molecule has 0 fully saturated rings. The Morgan fingerprint density at radius 3 is 2.70 bits per heavy atom. The predicted octanol–water partition coefficient (Wildman–Crippen LogP) is 3.82. The molecule has 0 spiro atoms. The van der Waals surface area contributed by atoms with E-state index in [1.54, 1.807) is 12.3 Å². The van der Waals surface area contributed by atoms with Gasteiger partial charge >= 0.3 is 0 Å². The van der Waals surface area contributed by atoms with Crippen LogP contribution >= 0.6 is 57.4 Å². The Bertz CT molecular complexity index is 258. The molecular weight excluding hydrogens is 304 g/mol. The van der Waals surface area contributed by atoms with E-state index in [0.29, 0.717) is 9.36 Å². The number of thiophene rings is 1. The van der Waals surface area contributed by atoms with Crippen LogP contribution in [0.3, 0.4) is 0 Å². The molecule has 5 heteroatoms. The van der Waals surface area contributed by atoms with Crippen molar-refractivity contribution in [3.05, 3.63) is 20.3 Å². The summed E-state index contributed by atoms with van der Waals surface area (Å²) in [6, 6.07) is 1.71. The van der Waals surface area contributed by atoms with Crippen LogP contribution in [0.2, 0.25) is 9.36 Å². The van der Waals surface area contributed by atoms with E-state index in [2.05, 4.69) is 3.21 Å². The summed E-state index contributed by atoms with van der Waals surface area (Å²) in [7, 11) is 0. The summed E-state index contributed by atoms with van der Waals surface area (Å²) in [4.78, 5) is 0.904. The number of hydrogen-bond acceptors (Lipinski definition) is 2. The lowest BCUT2D eigenvalue weighted by atomic mass is 10.5. The largest absolute Gasteiger partial charge is 0.222 e. The first kappa shape index (κ1) is 8.77. The maximum absolute atomic E-state index is 5.76. The molecule has 0 atom stereocenters.